The van der Waals surface area contributed by atoms with Crippen LogP contribution >= 0.6 is 0 Å². The number of hydrogen-bond donors (Lipinski definition) is 1. The van der Waals surface area contributed by atoms with Crippen molar-refractivity contribution in [2.24, 2.45) is 0 Å². The fourth-order valence-electron chi connectivity index (χ4n) is 4.77. The molecule has 1 atom stereocenters. The highest BCUT2D eigenvalue weighted by atomic mass is 32.2. The Kier molecular flexibility index (Phi) is 5.54. The number of likely N-dealkylation sites (tertiary alicyclic amines) is 1. The topological polar surface area (TPSA) is 71.1 Å². The van der Waals surface area contributed by atoms with Crippen molar-refractivity contribution < 1.29 is 17.9 Å². The summed E-state index contributed by atoms with van der Waals surface area (Å²) >= 11 is 0. The van der Waals surface area contributed by atoms with Crippen LogP contribution in [0.2, 0.25) is 0 Å². The third-order valence-corrected chi connectivity index (χ3v) is 7.91. The van der Waals surface area contributed by atoms with E-state index in [4.69, 9.17) is 9.47 Å². The van der Waals surface area contributed by atoms with Gasteiger partial charge in [-0.05, 0) is 61.7 Å². The van der Waals surface area contributed by atoms with Crippen molar-refractivity contribution in [3.63, 3.8) is 0 Å². The molecule has 31 heavy (non-hydrogen) atoms. The summed E-state index contributed by atoms with van der Waals surface area (Å²) in [5, 5.41) is 0. The normalized spacial score (nSPS) is 19.5. The second-order valence-electron chi connectivity index (χ2n) is 8.48. The van der Waals surface area contributed by atoms with Gasteiger partial charge < -0.3 is 14.4 Å². The van der Waals surface area contributed by atoms with Crippen LogP contribution < -0.4 is 19.1 Å². The summed E-state index contributed by atoms with van der Waals surface area (Å²) in [5.74, 6) is 1.07. The predicted octanol–water partition coefficient (Wildman–Crippen LogP) is 2.57. The number of rotatable bonds is 6. The average molecular weight is 444 g/mol. The molecule has 166 valence electrons. The largest absolute Gasteiger partial charge is 0.486 e. The summed E-state index contributed by atoms with van der Waals surface area (Å²) < 4.78 is 40.1. The molecule has 0 saturated carbocycles. The molecular formula is C23H29N3O4S. The minimum atomic E-state index is -3.67. The maximum atomic E-state index is 13.1. The number of anilines is 1. The van der Waals surface area contributed by atoms with Gasteiger partial charge in [-0.3, -0.25) is 4.90 Å². The van der Waals surface area contributed by atoms with Gasteiger partial charge in [-0.25, -0.2) is 13.1 Å². The lowest BCUT2D eigenvalue weighted by Gasteiger charge is -2.29. The summed E-state index contributed by atoms with van der Waals surface area (Å²) in [6.07, 6.45) is 3.34. The van der Waals surface area contributed by atoms with E-state index in [2.05, 4.69) is 39.8 Å². The van der Waals surface area contributed by atoms with Gasteiger partial charge in [-0.1, -0.05) is 12.1 Å². The van der Waals surface area contributed by atoms with E-state index in [1.54, 1.807) is 18.2 Å². The Bertz CT molecular complexity index is 1070. The van der Waals surface area contributed by atoms with Crippen LogP contribution in [-0.4, -0.2) is 59.8 Å². The Morgan fingerprint density at radius 2 is 1.77 bits per heavy atom. The zero-order valence-corrected chi connectivity index (χ0v) is 18.7. The summed E-state index contributed by atoms with van der Waals surface area (Å²) in [7, 11) is -1.55. The van der Waals surface area contributed by atoms with Crippen LogP contribution in [-0.2, 0) is 16.4 Å². The Morgan fingerprint density at radius 1 is 1.00 bits per heavy atom. The molecule has 0 bridgehead atoms. The number of nitrogens with one attached hydrogen (secondary N) is 1. The van der Waals surface area contributed by atoms with Gasteiger partial charge in [0.15, 0.2) is 11.5 Å². The van der Waals surface area contributed by atoms with E-state index < -0.39 is 10.0 Å². The molecule has 3 aliphatic heterocycles. The van der Waals surface area contributed by atoms with Crippen LogP contribution in [0.15, 0.2) is 41.3 Å². The highest BCUT2D eigenvalue weighted by Gasteiger charge is 2.28. The standard InChI is InChI=1S/C23H29N3O4S/c1-25-11-8-18-14-17(4-6-20(18)25)21(26-9-2-3-10-26)16-24-31(27,28)19-5-7-22-23(15-19)30-13-12-29-22/h4-7,14-15,21,24H,2-3,8-13,16H2,1H3/t21-/m1/s1. The molecule has 0 unspecified atom stereocenters. The van der Waals surface area contributed by atoms with Gasteiger partial charge in [0.2, 0.25) is 10.0 Å². The molecule has 0 radical (unpaired) electrons. The van der Waals surface area contributed by atoms with Gasteiger partial charge in [0.25, 0.3) is 0 Å². The van der Waals surface area contributed by atoms with Gasteiger partial charge in [0, 0.05) is 37.9 Å². The van der Waals surface area contributed by atoms with E-state index in [9.17, 15) is 8.42 Å². The van der Waals surface area contributed by atoms with Crippen LogP contribution in [0.4, 0.5) is 5.69 Å². The van der Waals surface area contributed by atoms with E-state index in [1.807, 2.05) is 0 Å². The van der Waals surface area contributed by atoms with Crippen molar-refractivity contribution in [2.75, 3.05) is 51.3 Å². The number of benzene rings is 2. The summed E-state index contributed by atoms with van der Waals surface area (Å²) in [6.45, 7) is 4.26. The third-order valence-electron chi connectivity index (χ3n) is 6.49. The fraction of sp³-hybridized carbons (Fsp3) is 0.478. The fourth-order valence-corrected chi connectivity index (χ4v) is 5.82. The number of sulfonamides is 1. The van der Waals surface area contributed by atoms with E-state index in [0.29, 0.717) is 31.3 Å². The van der Waals surface area contributed by atoms with E-state index in [0.717, 1.165) is 38.9 Å². The molecule has 1 N–H and O–H groups in total. The first-order chi connectivity index (χ1) is 15.0. The smallest absolute Gasteiger partial charge is 0.240 e. The van der Waals surface area contributed by atoms with Gasteiger partial charge in [-0.15, -0.1) is 0 Å². The predicted molar refractivity (Wildman–Crippen MR) is 120 cm³/mol. The molecule has 3 heterocycles. The minimum Gasteiger partial charge on any atom is -0.486 e. The first-order valence-corrected chi connectivity index (χ1v) is 12.5. The van der Waals surface area contributed by atoms with Crippen molar-refractivity contribution >= 4 is 15.7 Å². The Labute approximate surface area is 184 Å². The molecule has 5 rings (SSSR count). The van der Waals surface area contributed by atoms with Gasteiger partial charge in [0.1, 0.15) is 13.2 Å². The first kappa shape index (κ1) is 20.6. The van der Waals surface area contributed by atoms with E-state index >= 15 is 0 Å². The molecule has 2 aromatic rings. The van der Waals surface area contributed by atoms with Crippen LogP contribution in [0.1, 0.15) is 30.0 Å². The average Bonchev–Trinajstić information content (AvgIpc) is 3.44. The Hall–Kier alpha value is -2.29. The van der Waals surface area contributed by atoms with Crippen molar-refractivity contribution in [1.29, 1.82) is 0 Å². The zero-order valence-electron chi connectivity index (χ0n) is 17.8. The lowest BCUT2D eigenvalue weighted by atomic mass is 10.0. The molecular weight excluding hydrogens is 414 g/mol. The van der Waals surface area contributed by atoms with Crippen LogP contribution in [0.25, 0.3) is 0 Å². The molecule has 2 aromatic carbocycles. The number of likely N-dealkylation sites (N-methyl/N-ethyl adjacent to an activating group) is 1. The molecule has 0 spiro atoms. The SMILES string of the molecule is CN1CCc2cc([C@@H](CNS(=O)(=O)c3ccc4c(c3)OCCO4)N3CCCC3)ccc21. The lowest BCUT2D eigenvalue weighted by molar-refractivity contribution is 0.171. The lowest BCUT2D eigenvalue weighted by Crippen LogP contribution is -2.36. The third kappa shape index (κ3) is 4.12. The molecule has 0 aromatic heterocycles. The maximum Gasteiger partial charge on any atom is 0.240 e. The van der Waals surface area contributed by atoms with Gasteiger partial charge in [-0.2, -0.15) is 0 Å². The molecule has 0 amide bonds. The van der Waals surface area contributed by atoms with Crippen molar-refractivity contribution in [2.45, 2.75) is 30.2 Å². The zero-order chi connectivity index (χ0) is 21.4. The summed E-state index contributed by atoms with van der Waals surface area (Å²) in [4.78, 5) is 4.87. The first-order valence-electron chi connectivity index (χ1n) is 11.0. The van der Waals surface area contributed by atoms with Crippen molar-refractivity contribution in [1.82, 2.24) is 9.62 Å². The Morgan fingerprint density at radius 3 is 2.58 bits per heavy atom. The molecule has 1 saturated heterocycles. The monoisotopic (exact) mass is 443 g/mol. The number of nitrogens with zero attached hydrogens (tertiary/aromatic N) is 2. The number of fused-ring (bicyclic) bond motifs is 2. The van der Waals surface area contributed by atoms with Crippen LogP contribution in [0, 0.1) is 0 Å². The van der Waals surface area contributed by atoms with Crippen molar-refractivity contribution in [3.05, 3.63) is 47.5 Å². The number of hydrogen-bond acceptors (Lipinski definition) is 6. The maximum absolute atomic E-state index is 13.1. The van der Waals surface area contributed by atoms with Crippen LogP contribution in [0.3, 0.4) is 0 Å². The summed E-state index contributed by atoms with van der Waals surface area (Å²) in [6, 6.07) is 11.4. The van der Waals surface area contributed by atoms with Gasteiger partial charge in [0.05, 0.1) is 4.90 Å². The second kappa shape index (κ2) is 8.33. The molecule has 1 fully saturated rings. The summed E-state index contributed by atoms with van der Waals surface area (Å²) in [5.41, 5.74) is 3.81. The van der Waals surface area contributed by atoms with E-state index in [-0.39, 0.29) is 10.9 Å². The second-order valence-corrected chi connectivity index (χ2v) is 10.2. The van der Waals surface area contributed by atoms with Crippen molar-refractivity contribution in [3.8, 4) is 11.5 Å². The van der Waals surface area contributed by atoms with Gasteiger partial charge >= 0.3 is 0 Å². The molecule has 7 nitrogen and oxygen atoms in total. The molecule has 8 heteroatoms. The quantitative estimate of drug-likeness (QED) is 0.740. The van der Waals surface area contributed by atoms with E-state index in [1.165, 1.54) is 16.8 Å². The molecule has 3 aliphatic rings. The highest BCUT2D eigenvalue weighted by molar-refractivity contribution is 7.89. The minimum absolute atomic E-state index is 0.0192. The van der Waals surface area contributed by atoms with Crippen LogP contribution in [0.5, 0.6) is 11.5 Å². The molecule has 0 aliphatic carbocycles. The highest BCUT2D eigenvalue weighted by Crippen LogP contribution is 2.34. The number of ether oxygens (including phenoxy) is 2. The Balaban J connectivity index is 1.37.